The molecule has 1 aromatic rings. The topological polar surface area (TPSA) is 12.4 Å². The SMILES string of the molecule is C=Nc1ccc(C)c(F)c1F. The van der Waals surface area contributed by atoms with Crippen LogP contribution in [-0.4, -0.2) is 6.72 Å². The number of halogens is 2. The highest BCUT2D eigenvalue weighted by Crippen LogP contribution is 2.21. The zero-order valence-electron chi connectivity index (χ0n) is 6.06. The van der Waals surface area contributed by atoms with Crippen molar-refractivity contribution in [1.82, 2.24) is 0 Å². The summed E-state index contributed by atoms with van der Waals surface area (Å²) in [4.78, 5) is 3.31. The lowest BCUT2D eigenvalue weighted by atomic mass is 10.2. The molecule has 0 fully saturated rings. The Hall–Kier alpha value is -1.25. The van der Waals surface area contributed by atoms with Gasteiger partial charge in [-0.3, -0.25) is 4.99 Å². The molecule has 0 aliphatic heterocycles. The van der Waals surface area contributed by atoms with Crippen molar-refractivity contribution in [3.05, 3.63) is 29.3 Å². The third-order valence-electron chi connectivity index (χ3n) is 1.43. The van der Waals surface area contributed by atoms with E-state index in [2.05, 4.69) is 11.7 Å². The monoisotopic (exact) mass is 155 g/mol. The van der Waals surface area contributed by atoms with Crippen LogP contribution in [0.5, 0.6) is 0 Å². The van der Waals surface area contributed by atoms with Gasteiger partial charge in [-0.1, -0.05) is 6.07 Å². The summed E-state index contributed by atoms with van der Waals surface area (Å²) in [5.41, 5.74) is 0.225. The Morgan fingerprint density at radius 2 is 1.91 bits per heavy atom. The van der Waals surface area contributed by atoms with Crippen LogP contribution < -0.4 is 0 Å². The second kappa shape index (κ2) is 2.78. The Morgan fingerprint density at radius 3 is 2.45 bits per heavy atom. The summed E-state index contributed by atoms with van der Waals surface area (Å²) in [6.45, 7) is 4.60. The number of aryl methyl sites for hydroxylation is 1. The predicted molar refractivity (Wildman–Crippen MR) is 40.3 cm³/mol. The van der Waals surface area contributed by atoms with Crippen molar-refractivity contribution < 1.29 is 8.78 Å². The Balaban J connectivity index is 3.36. The zero-order chi connectivity index (χ0) is 8.43. The van der Waals surface area contributed by atoms with Crippen molar-refractivity contribution in [2.75, 3.05) is 0 Å². The summed E-state index contributed by atoms with van der Waals surface area (Å²) < 4.78 is 25.5. The number of benzene rings is 1. The minimum atomic E-state index is -0.931. The fourth-order valence-corrected chi connectivity index (χ4v) is 0.758. The number of hydrogen-bond donors (Lipinski definition) is 0. The van der Waals surface area contributed by atoms with Crippen molar-refractivity contribution in [3.63, 3.8) is 0 Å². The molecule has 0 N–H and O–H groups in total. The normalized spacial score (nSPS) is 9.73. The molecule has 1 rings (SSSR count). The van der Waals surface area contributed by atoms with E-state index in [0.29, 0.717) is 0 Å². The fraction of sp³-hybridized carbons (Fsp3) is 0.125. The summed E-state index contributed by atoms with van der Waals surface area (Å²) >= 11 is 0. The molecule has 0 spiro atoms. The highest BCUT2D eigenvalue weighted by Gasteiger charge is 2.08. The molecule has 58 valence electrons. The van der Waals surface area contributed by atoms with E-state index in [1.807, 2.05) is 0 Å². The minimum Gasteiger partial charge on any atom is -0.261 e. The molecule has 0 atom stereocenters. The highest BCUT2D eigenvalue weighted by atomic mass is 19.2. The van der Waals surface area contributed by atoms with Gasteiger partial charge in [-0.05, 0) is 25.3 Å². The Kier molecular flexibility index (Phi) is 1.98. The maximum absolute atomic E-state index is 12.8. The van der Waals surface area contributed by atoms with Crippen LogP contribution in [0, 0.1) is 18.6 Å². The summed E-state index contributed by atoms with van der Waals surface area (Å²) in [6.07, 6.45) is 0. The number of nitrogens with zero attached hydrogens (tertiary/aromatic N) is 1. The molecule has 0 heterocycles. The average Bonchev–Trinajstić information content (AvgIpc) is 2.01. The van der Waals surface area contributed by atoms with E-state index in [1.165, 1.54) is 19.1 Å². The maximum Gasteiger partial charge on any atom is 0.184 e. The van der Waals surface area contributed by atoms with Crippen molar-refractivity contribution >= 4 is 12.4 Å². The van der Waals surface area contributed by atoms with E-state index in [0.717, 1.165) is 0 Å². The van der Waals surface area contributed by atoms with Crippen LogP contribution in [0.25, 0.3) is 0 Å². The molecule has 0 bridgehead atoms. The molecule has 1 aromatic carbocycles. The Bertz CT molecular complexity index is 294. The first kappa shape index (κ1) is 7.85. The van der Waals surface area contributed by atoms with Crippen molar-refractivity contribution in [1.29, 1.82) is 0 Å². The smallest absolute Gasteiger partial charge is 0.184 e. The van der Waals surface area contributed by atoms with Crippen LogP contribution in [0.15, 0.2) is 17.1 Å². The molecule has 0 radical (unpaired) electrons. The van der Waals surface area contributed by atoms with Gasteiger partial charge in [-0.2, -0.15) is 0 Å². The molecule has 1 nitrogen and oxygen atoms in total. The lowest BCUT2D eigenvalue weighted by Gasteiger charge is -1.99. The van der Waals surface area contributed by atoms with Gasteiger partial charge < -0.3 is 0 Å². The van der Waals surface area contributed by atoms with E-state index >= 15 is 0 Å². The quantitative estimate of drug-likeness (QED) is 0.553. The van der Waals surface area contributed by atoms with Crippen LogP contribution in [-0.2, 0) is 0 Å². The maximum atomic E-state index is 12.8. The van der Waals surface area contributed by atoms with Crippen LogP contribution in [0.1, 0.15) is 5.56 Å². The molecule has 0 aliphatic rings. The molecule has 0 unspecified atom stereocenters. The second-order valence-corrected chi connectivity index (χ2v) is 2.19. The van der Waals surface area contributed by atoms with E-state index < -0.39 is 11.6 Å². The molecular weight excluding hydrogens is 148 g/mol. The lowest BCUT2D eigenvalue weighted by molar-refractivity contribution is 0.505. The summed E-state index contributed by atoms with van der Waals surface area (Å²) in [6, 6.07) is 2.85. The standard InChI is InChI=1S/C8H7F2N/c1-5-3-4-6(11-2)8(10)7(5)9/h3-4H,2H2,1H3. The Labute approximate surface area is 63.4 Å². The molecule has 0 aliphatic carbocycles. The molecule has 11 heavy (non-hydrogen) atoms. The minimum absolute atomic E-state index is 0.0481. The largest absolute Gasteiger partial charge is 0.261 e. The van der Waals surface area contributed by atoms with Crippen molar-refractivity contribution in [3.8, 4) is 0 Å². The van der Waals surface area contributed by atoms with Crippen LogP contribution >= 0.6 is 0 Å². The van der Waals surface area contributed by atoms with Gasteiger partial charge in [0.25, 0.3) is 0 Å². The zero-order valence-corrected chi connectivity index (χ0v) is 6.06. The first-order chi connectivity index (χ1) is 5.16. The van der Waals surface area contributed by atoms with E-state index in [1.54, 1.807) is 0 Å². The van der Waals surface area contributed by atoms with E-state index in [4.69, 9.17) is 0 Å². The summed E-state index contributed by atoms with van der Waals surface area (Å²) in [5.74, 6) is -1.78. The lowest BCUT2D eigenvalue weighted by Crippen LogP contribution is -1.87. The van der Waals surface area contributed by atoms with Gasteiger partial charge in [-0.15, -0.1) is 0 Å². The average molecular weight is 155 g/mol. The molecule has 0 saturated carbocycles. The molecular formula is C8H7F2N. The van der Waals surface area contributed by atoms with Gasteiger partial charge in [-0.25, -0.2) is 8.78 Å². The van der Waals surface area contributed by atoms with Gasteiger partial charge in [0.2, 0.25) is 0 Å². The van der Waals surface area contributed by atoms with Crippen LogP contribution in [0.2, 0.25) is 0 Å². The highest BCUT2D eigenvalue weighted by molar-refractivity contribution is 5.47. The second-order valence-electron chi connectivity index (χ2n) is 2.19. The third-order valence-corrected chi connectivity index (χ3v) is 1.43. The van der Waals surface area contributed by atoms with Crippen molar-refractivity contribution in [2.45, 2.75) is 6.92 Å². The molecule has 3 heteroatoms. The molecule has 0 saturated heterocycles. The predicted octanol–water partition coefficient (Wildman–Crippen LogP) is 2.61. The van der Waals surface area contributed by atoms with Crippen LogP contribution in [0.3, 0.4) is 0 Å². The molecule has 0 amide bonds. The van der Waals surface area contributed by atoms with E-state index in [9.17, 15) is 8.78 Å². The Morgan fingerprint density at radius 1 is 1.27 bits per heavy atom. The summed E-state index contributed by atoms with van der Waals surface area (Å²) in [5, 5.41) is 0. The van der Waals surface area contributed by atoms with E-state index in [-0.39, 0.29) is 11.3 Å². The molecule has 0 aromatic heterocycles. The number of hydrogen-bond acceptors (Lipinski definition) is 1. The first-order valence-electron chi connectivity index (χ1n) is 3.08. The summed E-state index contributed by atoms with van der Waals surface area (Å²) in [7, 11) is 0. The van der Waals surface area contributed by atoms with Gasteiger partial charge in [0, 0.05) is 0 Å². The van der Waals surface area contributed by atoms with Gasteiger partial charge >= 0.3 is 0 Å². The van der Waals surface area contributed by atoms with Gasteiger partial charge in [0.05, 0.1) is 0 Å². The van der Waals surface area contributed by atoms with Crippen LogP contribution in [0.4, 0.5) is 14.5 Å². The van der Waals surface area contributed by atoms with Crippen molar-refractivity contribution in [2.24, 2.45) is 4.99 Å². The third kappa shape index (κ3) is 1.27. The first-order valence-corrected chi connectivity index (χ1v) is 3.08. The number of aliphatic imine (C=N–C) groups is 1. The van der Waals surface area contributed by atoms with Gasteiger partial charge in [0.15, 0.2) is 11.6 Å². The van der Waals surface area contributed by atoms with Gasteiger partial charge in [0.1, 0.15) is 5.69 Å². The number of rotatable bonds is 1. The fourth-order valence-electron chi connectivity index (χ4n) is 0.758.